The Balaban J connectivity index is 1.83. The number of thioether (sulfide) groups is 1. The maximum atomic E-state index is 12.7. The normalized spacial score (nSPS) is 12.6. The minimum Gasteiger partial charge on any atom is -0.467 e. The summed E-state index contributed by atoms with van der Waals surface area (Å²) in [7, 11) is 1.30. The summed E-state index contributed by atoms with van der Waals surface area (Å²) < 4.78 is 10.3. The van der Waals surface area contributed by atoms with E-state index in [4.69, 9.17) is 15.2 Å². The molecule has 1 aromatic heterocycles. The number of thiophene rings is 1. The molecule has 0 bridgehead atoms. The predicted molar refractivity (Wildman–Crippen MR) is 124 cm³/mol. The predicted octanol–water partition coefficient (Wildman–Crippen LogP) is 4.94. The molecule has 0 aliphatic carbocycles. The SMILES string of the molecule is COC(=O)C(NC(=O)OCc1ccccc1)C(Sc1ccccc1N)c1cc(C)cs1. The molecule has 0 aliphatic rings. The zero-order valence-electron chi connectivity index (χ0n) is 17.2. The van der Waals surface area contributed by atoms with Gasteiger partial charge in [0.1, 0.15) is 12.6 Å². The van der Waals surface area contributed by atoms with Gasteiger partial charge in [-0.15, -0.1) is 23.1 Å². The molecule has 0 radical (unpaired) electrons. The topological polar surface area (TPSA) is 90.6 Å². The van der Waals surface area contributed by atoms with E-state index in [2.05, 4.69) is 5.32 Å². The lowest BCUT2D eigenvalue weighted by Crippen LogP contribution is -2.44. The van der Waals surface area contributed by atoms with Crippen LogP contribution in [0.4, 0.5) is 10.5 Å². The molecule has 2 unspecified atom stereocenters. The number of hydrogen-bond acceptors (Lipinski definition) is 7. The van der Waals surface area contributed by atoms with E-state index in [9.17, 15) is 9.59 Å². The molecule has 162 valence electrons. The second-order valence-corrected chi connectivity index (χ2v) is 8.94. The Morgan fingerprint density at radius 1 is 1.13 bits per heavy atom. The van der Waals surface area contributed by atoms with Crippen molar-refractivity contribution in [1.29, 1.82) is 0 Å². The average Bonchev–Trinajstić information content (AvgIpc) is 3.22. The molecule has 6 nitrogen and oxygen atoms in total. The van der Waals surface area contributed by atoms with Crippen LogP contribution in [-0.4, -0.2) is 25.2 Å². The third-order valence-corrected chi connectivity index (χ3v) is 7.14. The number of nitrogen functional groups attached to an aromatic ring is 1. The van der Waals surface area contributed by atoms with E-state index >= 15 is 0 Å². The highest BCUT2D eigenvalue weighted by molar-refractivity contribution is 8.00. The first-order valence-electron chi connectivity index (χ1n) is 9.59. The summed E-state index contributed by atoms with van der Waals surface area (Å²) in [6.45, 7) is 2.08. The summed E-state index contributed by atoms with van der Waals surface area (Å²) in [4.78, 5) is 27.0. The summed E-state index contributed by atoms with van der Waals surface area (Å²) >= 11 is 2.92. The zero-order chi connectivity index (χ0) is 22.2. The summed E-state index contributed by atoms with van der Waals surface area (Å²) in [6, 6.07) is 17.8. The van der Waals surface area contributed by atoms with Crippen molar-refractivity contribution in [1.82, 2.24) is 5.32 Å². The second-order valence-electron chi connectivity index (χ2n) is 6.81. The summed E-state index contributed by atoms with van der Waals surface area (Å²) in [5, 5.41) is 4.25. The van der Waals surface area contributed by atoms with E-state index in [1.807, 2.05) is 66.9 Å². The van der Waals surface area contributed by atoms with Crippen molar-refractivity contribution < 1.29 is 19.1 Å². The lowest BCUT2D eigenvalue weighted by molar-refractivity contribution is -0.143. The minimum atomic E-state index is -0.962. The average molecular weight is 457 g/mol. The van der Waals surface area contributed by atoms with Crippen LogP contribution in [0.25, 0.3) is 0 Å². The molecule has 31 heavy (non-hydrogen) atoms. The number of methoxy groups -OCH3 is 1. The number of aryl methyl sites for hydroxylation is 1. The summed E-state index contributed by atoms with van der Waals surface area (Å²) in [5.41, 5.74) is 8.65. The molecule has 1 amide bonds. The Kier molecular flexibility index (Phi) is 7.97. The van der Waals surface area contributed by atoms with Gasteiger partial charge in [-0.25, -0.2) is 9.59 Å². The molecule has 0 saturated carbocycles. The summed E-state index contributed by atoms with van der Waals surface area (Å²) in [6.07, 6.45) is -0.695. The Morgan fingerprint density at radius 2 is 1.84 bits per heavy atom. The molecule has 0 saturated heterocycles. The molecule has 8 heteroatoms. The molecule has 1 heterocycles. The van der Waals surface area contributed by atoms with Crippen LogP contribution in [0, 0.1) is 6.92 Å². The van der Waals surface area contributed by atoms with Gasteiger partial charge >= 0.3 is 12.1 Å². The molecule has 3 rings (SSSR count). The maximum absolute atomic E-state index is 12.7. The van der Waals surface area contributed by atoms with Crippen molar-refractivity contribution in [3.8, 4) is 0 Å². The van der Waals surface area contributed by atoms with Gasteiger partial charge in [-0.3, -0.25) is 0 Å². The van der Waals surface area contributed by atoms with Crippen molar-refractivity contribution in [3.05, 3.63) is 82.0 Å². The van der Waals surface area contributed by atoms with E-state index < -0.39 is 23.4 Å². The van der Waals surface area contributed by atoms with Gasteiger partial charge < -0.3 is 20.5 Å². The number of nitrogens with one attached hydrogen (secondary N) is 1. The van der Waals surface area contributed by atoms with Gasteiger partial charge in [-0.1, -0.05) is 42.5 Å². The van der Waals surface area contributed by atoms with Crippen molar-refractivity contribution in [3.63, 3.8) is 0 Å². The highest BCUT2D eigenvalue weighted by Crippen LogP contribution is 2.42. The van der Waals surface area contributed by atoms with Gasteiger partial charge in [-0.2, -0.15) is 0 Å². The van der Waals surface area contributed by atoms with E-state index in [0.717, 1.165) is 20.9 Å². The zero-order valence-corrected chi connectivity index (χ0v) is 18.9. The van der Waals surface area contributed by atoms with Crippen molar-refractivity contribution in [2.45, 2.75) is 29.7 Å². The monoisotopic (exact) mass is 456 g/mol. The minimum absolute atomic E-state index is 0.0993. The van der Waals surface area contributed by atoms with Gasteiger partial charge in [0.05, 0.1) is 12.4 Å². The molecule has 3 N–H and O–H groups in total. The number of esters is 1. The number of rotatable bonds is 8. The largest absolute Gasteiger partial charge is 0.467 e. The van der Waals surface area contributed by atoms with Crippen LogP contribution in [0.3, 0.4) is 0 Å². The van der Waals surface area contributed by atoms with Gasteiger partial charge in [0.2, 0.25) is 0 Å². The van der Waals surface area contributed by atoms with E-state index in [-0.39, 0.29) is 6.61 Å². The Hall–Kier alpha value is -2.97. The van der Waals surface area contributed by atoms with Crippen molar-refractivity contribution in [2.75, 3.05) is 12.8 Å². The fourth-order valence-corrected chi connectivity index (χ4v) is 5.25. The summed E-state index contributed by atoms with van der Waals surface area (Å²) in [5.74, 6) is -0.560. The van der Waals surface area contributed by atoms with Crippen molar-refractivity contribution in [2.24, 2.45) is 0 Å². The standard InChI is InChI=1S/C23H24N2O4S2/c1-15-12-19(30-14-15)21(31-18-11-7-6-10-17(18)24)20(22(26)28-2)25-23(27)29-13-16-8-4-3-5-9-16/h3-12,14,20-21H,13,24H2,1-2H3,(H,25,27). The highest BCUT2D eigenvalue weighted by atomic mass is 32.2. The fourth-order valence-electron chi connectivity index (χ4n) is 2.89. The van der Waals surface area contributed by atoms with Crippen LogP contribution in [0.5, 0.6) is 0 Å². The van der Waals surface area contributed by atoms with E-state index in [0.29, 0.717) is 5.69 Å². The molecule has 2 atom stereocenters. The molecule has 0 fully saturated rings. The third kappa shape index (κ3) is 6.26. The van der Waals surface area contributed by atoms with Crippen LogP contribution in [-0.2, 0) is 20.9 Å². The molecule has 3 aromatic rings. The van der Waals surface area contributed by atoms with E-state index in [1.54, 1.807) is 6.07 Å². The van der Waals surface area contributed by atoms with Crippen molar-refractivity contribution >= 4 is 40.8 Å². The van der Waals surface area contributed by atoms with Gasteiger partial charge in [0.15, 0.2) is 0 Å². The van der Waals surface area contributed by atoms with Gasteiger partial charge in [-0.05, 0) is 41.6 Å². The van der Waals surface area contributed by atoms with Crippen LogP contribution in [0.1, 0.15) is 21.3 Å². The number of ether oxygens (including phenoxy) is 2. The molecular weight excluding hydrogens is 432 g/mol. The maximum Gasteiger partial charge on any atom is 0.408 e. The lowest BCUT2D eigenvalue weighted by Gasteiger charge is -2.25. The molecule has 0 aliphatic heterocycles. The van der Waals surface area contributed by atoms with E-state index in [1.165, 1.54) is 30.2 Å². The molecule has 2 aromatic carbocycles. The number of nitrogens with two attached hydrogens (primary N) is 1. The molecule has 0 spiro atoms. The van der Waals surface area contributed by atoms with Gasteiger partial charge in [0, 0.05) is 15.5 Å². The van der Waals surface area contributed by atoms with Crippen LogP contribution >= 0.6 is 23.1 Å². The smallest absolute Gasteiger partial charge is 0.408 e. The van der Waals surface area contributed by atoms with Crippen LogP contribution in [0.15, 0.2) is 70.9 Å². The first-order chi connectivity index (χ1) is 15.0. The number of anilines is 1. The number of hydrogen-bond donors (Lipinski definition) is 2. The number of para-hydroxylation sites is 1. The Labute approximate surface area is 189 Å². The number of carbonyl (C=O) groups is 2. The fraction of sp³-hybridized carbons (Fsp3) is 0.217. The molecular formula is C23H24N2O4S2. The highest BCUT2D eigenvalue weighted by Gasteiger charge is 2.34. The quantitative estimate of drug-likeness (QED) is 0.283. The van der Waals surface area contributed by atoms with Crippen LogP contribution < -0.4 is 11.1 Å². The number of amides is 1. The van der Waals surface area contributed by atoms with Gasteiger partial charge in [0.25, 0.3) is 0 Å². The lowest BCUT2D eigenvalue weighted by atomic mass is 10.1. The van der Waals surface area contributed by atoms with Crippen LogP contribution in [0.2, 0.25) is 0 Å². The Bertz CT molecular complexity index is 1020. The number of benzene rings is 2. The third-order valence-electron chi connectivity index (χ3n) is 4.45. The first kappa shape index (κ1) is 22.7. The number of alkyl carbamates (subject to hydrolysis) is 1. The first-order valence-corrected chi connectivity index (χ1v) is 11.3. The number of carbonyl (C=O) groups excluding carboxylic acids is 2. The Morgan fingerprint density at radius 3 is 2.48 bits per heavy atom. The second kappa shape index (κ2) is 10.9.